The van der Waals surface area contributed by atoms with Crippen LogP contribution in [-0.2, 0) is 22.8 Å². The van der Waals surface area contributed by atoms with Crippen molar-refractivity contribution < 1.29 is 22.8 Å². The first-order valence-electron chi connectivity index (χ1n) is 7.05. The average Bonchev–Trinajstić information content (AvgIpc) is 2.46. The maximum atomic E-state index is 5.58. The van der Waals surface area contributed by atoms with Crippen LogP contribution >= 0.6 is 0 Å². The van der Waals surface area contributed by atoms with E-state index >= 15 is 0 Å². The summed E-state index contributed by atoms with van der Waals surface area (Å²) in [6, 6.07) is 0.691. The van der Waals surface area contributed by atoms with Crippen LogP contribution in [0, 0.1) is 0 Å². The van der Waals surface area contributed by atoms with Gasteiger partial charge in [-0.1, -0.05) is 6.92 Å². The minimum Gasteiger partial charge on any atom is -0.381 e. The molecule has 0 bridgehead atoms. The molecule has 6 heteroatoms. The van der Waals surface area contributed by atoms with Crippen LogP contribution in [0.15, 0.2) is 0 Å². The minimum atomic E-state index is -2.45. The molecule has 19 heavy (non-hydrogen) atoms. The fourth-order valence-corrected chi connectivity index (χ4v) is 3.19. The molecule has 0 atom stereocenters. The molecule has 0 saturated heterocycles. The number of hydrogen-bond donors (Lipinski definition) is 0. The van der Waals surface area contributed by atoms with Crippen LogP contribution in [0.4, 0.5) is 0 Å². The van der Waals surface area contributed by atoms with Crippen molar-refractivity contribution in [1.29, 1.82) is 0 Å². The lowest BCUT2D eigenvalue weighted by molar-refractivity contribution is 0.0919. The largest absolute Gasteiger partial charge is 0.502 e. The third kappa shape index (κ3) is 9.54. The molecule has 0 amide bonds. The van der Waals surface area contributed by atoms with E-state index in [9.17, 15) is 0 Å². The number of hydrogen-bond acceptors (Lipinski definition) is 5. The lowest BCUT2D eigenvalue weighted by Gasteiger charge is -2.24. The highest BCUT2D eigenvalue weighted by molar-refractivity contribution is 6.60. The van der Waals surface area contributed by atoms with Crippen LogP contribution in [0.1, 0.15) is 32.6 Å². The predicted molar refractivity (Wildman–Crippen MR) is 77.4 cm³/mol. The molecular weight excluding hydrogens is 264 g/mol. The fourth-order valence-electron chi connectivity index (χ4n) is 1.69. The van der Waals surface area contributed by atoms with Gasteiger partial charge in [-0.05, 0) is 25.7 Å². The van der Waals surface area contributed by atoms with Crippen molar-refractivity contribution in [3.05, 3.63) is 0 Å². The second kappa shape index (κ2) is 13.0. The maximum absolute atomic E-state index is 5.58. The van der Waals surface area contributed by atoms with Gasteiger partial charge in [0.2, 0.25) is 0 Å². The molecule has 0 rings (SSSR count). The van der Waals surface area contributed by atoms with Gasteiger partial charge in [0.15, 0.2) is 0 Å². The molecule has 116 valence electrons. The SMILES string of the molecule is CCCOCCCCCOCC[Si](OC)(OC)OC. The standard InChI is InChI=1S/C13H30O5Si/c1-5-9-17-10-7-6-8-11-18-12-13-19(14-2,15-3)16-4/h5-13H2,1-4H3. The molecule has 0 heterocycles. The number of unbranched alkanes of at least 4 members (excludes halogenated alkanes) is 2. The maximum Gasteiger partial charge on any atom is 0.502 e. The van der Waals surface area contributed by atoms with Crippen LogP contribution in [0.2, 0.25) is 6.04 Å². The second-order valence-electron chi connectivity index (χ2n) is 4.33. The molecular formula is C13H30O5Si. The Balaban J connectivity index is 3.35. The summed E-state index contributed by atoms with van der Waals surface area (Å²) in [5.74, 6) is 0. The molecule has 0 saturated carbocycles. The molecule has 0 aromatic rings. The Hall–Kier alpha value is 0.0169. The van der Waals surface area contributed by atoms with Crippen LogP contribution < -0.4 is 0 Å². The Morgan fingerprint density at radius 1 is 0.684 bits per heavy atom. The minimum absolute atomic E-state index is 0.619. The Morgan fingerprint density at radius 2 is 1.21 bits per heavy atom. The highest BCUT2D eigenvalue weighted by Crippen LogP contribution is 2.12. The summed E-state index contributed by atoms with van der Waals surface area (Å²) < 4.78 is 26.9. The van der Waals surface area contributed by atoms with Gasteiger partial charge in [0.05, 0.1) is 6.61 Å². The fraction of sp³-hybridized carbons (Fsp3) is 1.00. The second-order valence-corrected chi connectivity index (χ2v) is 7.42. The Morgan fingerprint density at radius 3 is 1.68 bits per heavy atom. The topological polar surface area (TPSA) is 46.2 Å². The van der Waals surface area contributed by atoms with Crippen molar-refractivity contribution in [2.24, 2.45) is 0 Å². The molecule has 0 aromatic heterocycles. The molecule has 0 N–H and O–H groups in total. The van der Waals surface area contributed by atoms with E-state index < -0.39 is 8.80 Å². The van der Waals surface area contributed by atoms with Crippen molar-refractivity contribution in [2.75, 3.05) is 47.8 Å². The van der Waals surface area contributed by atoms with Gasteiger partial charge in [-0.2, -0.15) is 0 Å². The zero-order valence-electron chi connectivity index (χ0n) is 12.9. The van der Waals surface area contributed by atoms with E-state index in [1.54, 1.807) is 21.3 Å². The molecule has 5 nitrogen and oxygen atoms in total. The summed E-state index contributed by atoms with van der Waals surface area (Å²) in [6.45, 7) is 5.25. The first-order valence-corrected chi connectivity index (χ1v) is 8.98. The molecule has 0 fully saturated rings. The van der Waals surface area contributed by atoms with Gasteiger partial charge in [-0.15, -0.1) is 0 Å². The normalized spacial score (nSPS) is 12.0. The van der Waals surface area contributed by atoms with Gasteiger partial charge < -0.3 is 22.8 Å². The van der Waals surface area contributed by atoms with Crippen molar-refractivity contribution in [3.63, 3.8) is 0 Å². The number of rotatable bonds is 14. The molecule has 0 spiro atoms. The third-order valence-corrected chi connectivity index (χ3v) is 5.59. The van der Waals surface area contributed by atoms with Gasteiger partial charge in [-0.25, -0.2) is 0 Å². The first-order chi connectivity index (χ1) is 9.24. The molecule has 0 aromatic carbocycles. The Labute approximate surface area is 118 Å². The lowest BCUT2D eigenvalue weighted by atomic mass is 10.2. The van der Waals surface area contributed by atoms with Crippen LogP contribution in [0.5, 0.6) is 0 Å². The van der Waals surface area contributed by atoms with Crippen LogP contribution in [0.25, 0.3) is 0 Å². The van der Waals surface area contributed by atoms with E-state index in [0.717, 1.165) is 45.5 Å². The molecule has 0 aliphatic carbocycles. The summed E-state index contributed by atoms with van der Waals surface area (Å²) in [5.41, 5.74) is 0. The van der Waals surface area contributed by atoms with Crippen molar-refractivity contribution in [3.8, 4) is 0 Å². The highest BCUT2D eigenvalue weighted by Gasteiger charge is 2.37. The van der Waals surface area contributed by atoms with Gasteiger partial charge in [0, 0.05) is 47.2 Å². The summed E-state index contributed by atoms with van der Waals surface area (Å²) in [7, 11) is 2.41. The average molecular weight is 294 g/mol. The summed E-state index contributed by atoms with van der Waals surface area (Å²) in [5, 5.41) is 0. The smallest absolute Gasteiger partial charge is 0.381 e. The lowest BCUT2D eigenvalue weighted by Crippen LogP contribution is -2.43. The predicted octanol–water partition coefficient (Wildman–Crippen LogP) is 2.48. The van der Waals surface area contributed by atoms with E-state index in [2.05, 4.69) is 6.92 Å². The summed E-state index contributed by atoms with van der Waals surface area (Å²) >= 11 is 0. The summed E-state index contributed by atoms with van der Waals surface area (Å²) in [6.07, 6.45) is 4.41. The van der Waals surface area contributed by atoms with Gasteiger partial charge in [0.25, 0.3) is 0 Å². The van der Waals surface area contributed by atoms with Gasteiger partial charge in [0.1, 0.15) is 0 Å². The zero-order valence-corrected chi connectivity index (χ0v) is 13.9. The van der Waals surface area contributed by atoms with E-state index in [4.69, 9.17) is 22.8 Å². The molecule has 0 aliphatic rings. The van der Waals surface area contributed by atoms with Crippen molar-refractivity contribution in [2.45, 2.75) is 38.7 Å². The van der Waals surface area contributed by atoms with Gasteiger partial charge in [-0.3, -0.25) is 0 Å². The highest BCUT2D eigenvalue weighted by atomic mass is 28.4. The van der Waals surface area contributed by atoms with Crippen LogP contribution in [-0.4, -0.2) is 56.6 Å². The monoisotopic (exact) mass is 294 g/mol. The van der Waals surface area contributed by atoms with E-state index in [1.807, 2.05) is 0 Å². The van der Waals surface area contributed by atoms with E-state index in [0.29, 0.717) is 12.7 Å². The Kier molecular flexibility index (Phi) is 13.0. The summed E-state index contributed by atoms with van der Waals surface area (Å²) in [4.78, 5) is 0. The quantitative estimate of drug-likeness (QED) is 0.364. The van der Waals surface area contributed by atoms with Crippen LogP contribution in [0.3, 0.4) is 0 Å². The third-order valence-electron chi connectivity index (χ3n) is 2.91. The first kappa shape index (κ1) is 19.0. The number of ether oxygens (including phenoxy) is 2. The van der Waals surface area contributed by atoms with Crippen molar-refractivity contribution >= 4 is 8.80 Å². The van der Waals surface area contributed by atoms with E-state index in [-0.39, 0.29) is 0 Å². The van der Waals surface area contributed by atoms with E-state index in [1.165, 1.54) is 0 Å². The molecule has 0 radical (unpaired) electrons. The molecule has 0 aliphatic heterocycles. The van der Waals surface area contributed by atoms with Crippen molar-refractivity contribution in [1.82, 2.24) is 0 Å². The zero-order chi connectivity index (χ0) is 14.4. The van der Waals surface area contributed by atoms with Gasteiger partial charge >= 0.3 is 8.80 Å². The Bertz CT molecular complexity index is 180. The molecule has 0 unspecified atom stereocenters.